The quantitative estimate of drug-likeness (QED) is 0.319. The van der Waals surface area contributed by atoms with Crippen LogP contribution in [0.25, 0.3) is 10.6 Å². The van der Waals surface area contributed by atoms with Gasteiger partial charge in [0.15, 0.2) is 0 Å². The molecule has 0 spiro atoms. The monoisotopic (exact) mass is 577 g/mol. The molecule has 1 aliphatic heterocycles. The molecule has 3 aromatic rings. The molecule has 0 saturated heterocycles. The smallest absolute Gasteiger partial charge is 0.272 e. The molecule has 3 amide bonds. The van der Waals surface area contributed by atoms with Crippen LogP contribution in [-0.4, -0.2) is 91.5 Å². The van der Waals surface area contributed by atoms with E-state index in [0.717, 1.165) is 23.4 Å². The topological polar surface area (TPSA) is 101 Å². The van der Waals surface area contributed by atoms with Gasteiger partial charge in [0.05, 0.1) is 13.1 Å². The lowest BCUT2D eigenvalue weighted by molar-refractivity contribution is -0.145. The Morgan fingerprint density at radius 1 is 1.00 bits per heavy atom. The molecule has 218 valence electrons. The molecule has 0 radical (unpaired) electrons. The van der Waals surface area contributed by atoms with Gasteiger partial charge < -0.3 is 20.4 Å². The number of rotatable bonds is 12. The molecule has 41 heavy (non-hydrogen) atoms. The molecule has 2 aromatic carbocycles. The van der Waals surface area contributed by atoms with Gasteiger partial charge in [-0.05, 0) is 36.2 Å². The SMILES string of the molecule is CCNCCNC(=O)CN(CC(=O)N(C)N1Cc2ccccc2C1)c1cc(-c2nc(C(=O)N(C)C)cs2)ccc1C. The molecule has 10 nitrogen and oxygen atoms in total. The Kier molecular flexibility index (Phi) is 10.1. The molecule has 0 bridgehead atoms. The number of carbonyl (C=O) groups excluding carboxylic acids is 3. The average Bonchev–Trinajstić information content (AvgIpc) is 3.62. The molecular formula is C30H39N7O3S. The van der Waals surface area contributed by atoms with Crippen molar-refractivity contribution < 1.29 is 14.4 Å². The van der Waals surface area contributed by atoms with Crippen LogP contribution in [0.5, 0.6) is 0 Å². The maximum atomic E-state index is 13.6. The number of fused-ring (bicyclic) bond motifs is 1. The number of aromatic nitrogens is 1. The van der Waals surface area contributed by atoms with Gasteiger partial charge in [-0.2, -0.15) is 0 Å². The van der Waals surface area contributed by atoms with E-state index >= 15 is 0 Å². The van der Waals surface area contributed by atoms with Crippen LogP contribution in [0.15, 0.2) is 47.8 Å². The summed E-state index contributed by atoms with van der Waals surface area (Å²) >= 11 is 1.39. The zero-order valence-electron chi connectivity index (χ0n) is 24.4. The molecule has 2 heterocycles. The summed E-state index contributed by atoms with van der Waals surface area (Å²) < 4.78 is 0. The Morgan fingerprint density at radius 3 is 2.37 bits per heavy atom. The van der Waals surface area contributed by atoms with Crippen molar-refractivity contribution in [1.29, 1.82) is 0 Å². The van der Waals surface area contributed by atoms with Gasteiger partial charge in [-0.25, -0.2) is 9.99 Å². The van der Waals surface area contributed by atoms with Gasteiger partial charge in [0.2, 0.25) is 5.91 Å². The predicted octanol–water partition coefficient (Wildman–Crippen LogP) is 2.74. The van der Waals surface area contributed by atoms with Crippen molar-refractivity contribution in [2.45, 2.75) is 26.9 Å². The van der Waals surface area contributed by atoms with Crippen molar-refractivity contribution in [3.63, 3.8) is 0 Å². The number of thiazole rings is 1. The number of hydrogen-bond donors (Lipinski definition) is 2. The summed E-state index contributed by atoms with van der Waals surface area (Å²) in [5, 5.41) is 12.3. The first-order chi connectivity index (χ1) is 19.7. The summed E-state index contributed by atoms with van der Waals surface area (Å²) in [6, 6.07) is 14.1. The van der Waals surface area contributed by atoms with Gasteiger partial charge in [0.1, 0.15) is 10.7 Å². The van der Waals surface area contributed by atoms with Crippen LogP contribution in [0.1, 0.15) is 34.1 Å². The summed E-state index contributed by atoms with van der Waals surface area (Å²) in [5.41, 5.74) is 5.33. The van der Waals surface area contributed by atoms with Crippen molar-refractivity contribution in [3.8, 4) is 10.6 Å². The summed E-state index contributed by atoms with van der Waals surface area (Å²) in [6.07, 6.45) is 0. The zero-order chi connectivity index (χ0) is 29.5. The average molecular weight is 578 g/mol. The number of likely N-dealkylation sites (N-methyl/N-ethyl adjacent to an activating group) is 2. The Morgan fingerprint density at radius 2 is 1.71 bits per heavy atom. The second-order valence-corrected chi connectivity index (χ2v) is 11.2. The van der Waals surface area contributed by atoms with Crippen molar-refractivity contribution in [2.75, 3.05) is 58.8 Å². The van der Waals surface area contributed by atoms with E-state index in [2.05, 4.69) is 27.8 Å². The summed E-state index contributed by atoms with van der Waals surface area (Å²) in [5.74, 6) is -0.436. The Bertz CT molecular complexity index is 1360. The van der Waals surface area contributed by atoms with Crippen molar-refractivity contribution >= 4 is 34.7 Å². The minimum absolute atomic E-state index is 0.0243. The Hall–Kier alpha value is -3.80. The van der Waals surface area contributed by atoms with E-state index < -0.39 is 0 Å². The van der Waals surface area contributed by atoms with Crippen LogP contribution in [-0.2, 0) is 22.7 Å². The lowest BCUT2D eigenvalue weighted by atomic mass is 10.1. The molecule has 0 aliphatic carbocycles. The van der Waals surface area contributed by atoms with Crippen molar-refractivity contribution in [1.82, 2.24) is 30.5 Å². The molecule has 0 saturated carbocycles. The molecule has 11 heteroatoms. The minimum atomic E-state index is -0.162. The van der Waals surface area contributed by atoms with E-state index in [1.165, 1.54) is 27.4 Å². The molecule has 0 unspecified atom stereocenters. The van der Waals surface area contributed by atoms with E-state index in [-0.39, 0.29) is 30.8 Å². The van der Waals surface area contributed by atoms with Crippen LogP contribution in [0.3, 0.4) is 0 Å². The van der Waals surface area contributed by atoms with Gasteiger partial charge in [-0.15, -0.1) is 11.3 Å². The van der Waals surface area contributed by atoms with Crippen LogP contribution < -0.4 is 15.5 Å². The largest absolute Gasteiger partial charge is 0.353 e. The van der Waals surface area contributed by atoms with Gasteiger partial charge in [-0.3, -0.25) is 19.4 Å². The van der Waals surface area contributed by atoms with Crippen LogP contribution in [0.4, 0.5) is 5.69 Å². The fourth-order valence-electron chi connectivity index (χ4n) is 4.69. The van der Waals surface area contributed by atoms with Crippen LogP contribution in [0.2, 0.25) is 0 Å². The summed E-state index contributed by atoms with van der Waals surface area (Å²) in [7, 11) is 5.17. The lowest BCUT2D eigenvalue weighted by Gasteiger charge is -2.32. The maximum absolute atomic E-state index is 13.6. The third-order valence-corrected chi connectivity index (χ3v) is 7.96. The number of benzene rings is 2. The normalized spacial score (nSPS) is 12.6. The fourth-order valence-corrected chi connectivity index (χ4v) is 5.48. The van der Waals surface area contributed by atoms with E-state index in [4.69, 9.17) is 0 Å². The third kappa shape index (κ3) is 7.49. The number of nitrogens with zero attached hydrogens (tertiary/aromatic N) is 5. The fraction of sp³-hybridized carbons (Fsp3) is 0.400. The van der Waals surface area contributed by atoms with Gasteiger partial charge in [0, 0.05) is 64.0 Å². The van der Waals surface area contributed by atoms with Crippen LogP contribution in [0, 0.1) is 6.92 Å². The molecular weight excluding hydrogens is 538 g/mol. The van der Waals surface area contributed by atoms with E-state index in [1.807, 2.05) is 54.1 Å². The van der Waals surface area contributed by atoms with E-state index in [9.17, 15) is 14.4 Å². The minimum Gasteiger partial charge on any atom is -0.353 e. The molecule has 2 N–H and O–H groups in total. The first-order valence-corrected chi connectivity index (χ1v) is 14.6. The molecule has 1 aliphatic rings. The van der Waals surface area contributed by atoms with Gasteiger partial charge >= 0.3 is 0 Å². The predicted molar refractivity (Wildman–Crippen MR) is 163 cm³/mol. The molecule has 0 atom stereocenters. The van der Waals surface area contributed by atoms with E-state index in [1.54, 1.807) is 31.5 Å². The number of aryl methyl sites for hydroxylation is 1. The van der Waals surface area contributed by atoms with E-state index in [0.29, 0.717) is 36.9 Å². The first kappa shape index (κ1) is 30.2. The van der Waals surface area contributed by atoms with Crippen molar-refractivity contribution in [2.24, 2.45) is 0 Å². The zero-order valence-corrected chi connectivity index (χ0v) is 25.3. The molecule has 1 aromatic heterocycles. The number of anilines is 1. The molecule has 4 rings (SSSR count). The lowest BCUT2D eigenvalue weighted by Crippen LogP contribution is -2.48. The number of hydrogen-bond acceptors (Lipinski definition) is 8. The van der Waals surface area contributed by atoms with Gasteiger partial charge in [0.25, 0.3) is 11.8 Å². The molecule has 0 fully saturated rings. The highest BCUT2D eigenvalue weighted by atomic mass is 32.1. The highest BCUT2D eigenvalue weighted by molar-refractivity contribution is 7.13. The Balaban J connectivity index is 1.56. The summed E-state index contributed by atoms with van der Waals surface area (Å²) in [6.45, 7) is 7.35. The number of carbonyl (C=O) groups is 3. The number of nitrogens with one attached hydrogen (secondary N) is 2. The highest BCUT2D eigenvalue weighted by Crippen LogP contribution is 2.31. The number of hydrazine groups is 1. The standard InChI is InChI=1S/C30H39N7O3S/c1-6-31-13-14-32-27(38)18-36(19-28(39)35(5)37-16-23-9-7-8-10-24(23)17-37)26-15-22(12-11-21(26)2)29-33-25(20-41-29)30(40)34(3)4/h7-12,15,20,31H,6,13-14,16-19H2,1-5H3,(H,32,38). The second kappa shape index (κ2) is 13.7. The van der Waals surface area contributed by atoms with Crippen LogP contribution >= 0.6 is 11.3 Å². The summed E-state index contributed by atoms with van der Waals surface area (Å²) in [4.78, 5) is 46.9. The first-order valence-electron chi connectivity index (χ1n) is 13.8. The van der Waals surface area contributed by atoms with Crippen molar-refractivity contribution in [3.05, 3.63) is 70.2 Å². The highest BCUT2D eigenvalue weighted by Gasteiger charge is 2.27. The maximum Gasteiger partial charge on any atom is 0.272 e. The second-order valence-electron chi connectivity index (χ2n) is 10.3. The van der Waals surface area contributed by atoms with Gasteiger partial charge in [-0.1, -0.05) is 43.3 Å². The third-order valence-electron chi connectivity index (χ3n) is 7.07. The number of amides is 3. The Labute approximate surface area is 245 Å².